The number of aromatic nitrogens is 2. The number of hydrogen-bond donors (Lipinski definition) is 1. The minimum atomic E-state index is 0. The number of fused-ring (bicyclic) bond motifs is 3. The van der Waals surface area contributed by atoms with Gasteiger partial charge in [0.1, 0.15) is 0 Å². The van der Waals surface area contributed by atoms with Gasteiger partial charge in [-0.15, -0.1) is 24.0 Å². The Hall–Kier alpha value is -1.10. The van der Waals surface area contributed by atoms with Gasteiger partial charge in [0.15, 0.2) is 0 Å². The summed E-state index contributed by atoms with van der Waals surface area (Å²) >= 11 is 0. The zero-order valence-corrected chi connectivity index (χ0v) is 9.73. The van der Waals surface area contributed by atoms with Gasteiger partial charge in [-0.2, -0.15) is 0 Å². The molecule has 0 fully saturated rings. The van der Waals surface area contributed by atoms with Crippen LogP contribution in [0.3, 0.4) is 0 Å². The van der Waals surface area contributed by atoms with E-state index in [9.17, 15) is 0 Å². The van der Waals surface area contributed by atoms with Gasteiger partial charge in [-0.25, -0.2) is 0 Å². The molecule has 0 unspecified atom stereocenters. The first-order valence-corrected chi connectivity index (χ1v) is 4.25. The summed E-state index contributed by atoms with van der Waals surface area (Å²) in [6.45, 7) is 0. The zero-order chi connectivity index (χ0) is 8.67. The number of halogens is 1. The maximum Gasteiger partial charge on any atom is 0.0651 e. The molecule has 0 saturated carbocycles. The number of nitrogens with zero attached hydrogens (tertiary/aromatic N) is 1. The maximum absolute atomic E-state index is 4.08. The summed E-state index contributed by atoms with van der Waals surface area (Å²) in [6.07, 6.45) is 3.68. The minimum Gasteiger partial charge on any atom is -0.353 e. The fraction of sp³-hybridized carbons (Fsp3) is 0. The molecule has 2 aromatic heterocycles. The molecule has 0 atom stereocenters. The normalized spacial score (nSPS) is 10.3. The molecule has 0 amide bonds. The highest BCUT2D eigenvalue weighted by Gasteiger charge is 2.00. The van der Waals surface area contributed by atoms with E-state index in [0.717, 1.165) is 5.52 Å². The highest BCUT2D eigenvalue weighted by molar-refractivity contribution is 14.0. The van der Waals surface area contributed by atoms with Crippen molar-refractivity contribution in [1.29, 1.82) is 0 Å². The van der Waals surface area contributed by atoms with Gasteiger partial charge in [0.25, 0.3) is 0 Å². The van der Waals surface area contributed by atoms with Crippen LogP contribution in [0.1, 0.15) is 0 Å². The van der Waals surface area contributed by atoms with E-state index >= 15 is 0 Å². The Balaban J connectivity index is 0.000000750. The summed E-state index contributed by atoms with van der Waals surface area (Å²) in [4.78, 5) is 7.39. The largest absolute Gasteiger partial charge is 0.353 e. The van der Waals surface area contributed by atoms with Crippen LogP contribution >= 0.6 is 24.0 Å². The van der Waals surface area contributed by atoms with Crippen molar-refractivity contribution in [2.45, 2.75) is 0 Å². The lowest BCUT2D eigenvalue weighted by Gasteiger charge is -1.87. The second-order valence-corrected chi connectivity index (χ2v) is 3.09. The van der Waals surface area contributed by atoms with Crippen molar-refractivity contribution < 1.29 is 0 Å². The standard InChI is InChI=1S/C11H8N2.HI/c1-2-4-10-8(3-1)9-5-6-12-7-11(9)13-10;/h1-7,13H;1H. The molecule has 0 spiro atoms. The first kappa shape index (κ1) is 9.45. The molecular formula is C11H9IN2. The van der Waals surface area contributed by atoms with E-state index in [1.165, 1.54) is 16.3 Å². The van der Waals surface area contributed by atoms with Crippen LogP contribution in [0.15, 0.2) is 42.7 Å². The van der Waals surface area contributed by atoms with Crippen molar-refractivity contribution in [1.82, 2.24) is 9.97 Å². The number of rotatable bonds is 0. The van der Waals surface area contributed by atoms with Crippen molar-refractivity contribution in [3.8, 4) is 0 Å². The SMILES string of the molecule is I.c1ccc2c(c1)[nH]c1cnccc12. The Kier molecular flexibility index (Phi) is 2.41. The molecule has 0 aliphatic heterocycles. The number of pyridine rings is 1. The second-order valence-electron chi connectivity index (χ2n) is 3.09. The molecular weight excluding hydrogens is 287 g/mol. The van der Waals surface area contributed by atoms with Crippen molar-refractivity contribution in [3.05, 3.63) is 42.7 Å². The van der Waals surface area contributed by atoms with Gasteiger partial charge in [-0.1, -0.05) is 18.2 Å². The lowest BCUT2D eigenvalue weighted by molar-refractivity contribution is 1.35. The van der Waals surface area contributed by atoms with Gasteiger partial charge in [0, 0.05) is 22.5 Å². The van der Waals surface area contributed by atoms with Crippen LogP contribution in [0.5, 0.6) is 0 Å². The van der Waals surface area contributed by atoms with E-state index in [2.05, 4.69) is 28.2 Å². The van der Waals surface area contributed by atoms with E-state index in [1.54, 1.807) is 0 Å². The fourth-order valence-electron chi connectivity index (χ4n) is 1.70. The minimum absolute atomic E-state index is 0. The molecule has 70 valence electrons. The fourth-order valence-corrected chi connectivity index (χ4v) is 1.70. The number of para-hydroxylation sites is 1. The Morgan fingerprint density at radius 1 is 0.929 bits per heavy atom. The number of benzene rings is 1. The second kappa shape index (κ2) is 3.57. The van der Waals surface area contributed by atoms with Crippen molar-refractivity contribution in [3.63, 3.8) is 0 Å². The molecule has 2 nitrogen and oxygen atoms in total. The van der Waals surface area contributed by atoms with Gasteiger partial charge in [0.05, 0.1) is 11.7 Å². The summed E-state index contributed by atoms with van der Waals surface area (Å²) in [5.74, 6) is 0. The van der Waals surface area contributed by atoms with Crippen LogP contribution < -0.4 is 0 Å². The molecule has 0 bridgehead atoms. The molecule has 14 heavy (non-hydrogen) atoms. The Labute approximate surface area is 98.4 Å². The lowest BCUT2D eigenvalue weighted by Crippen LogP contribution is -1.68. The van der Waals surface area contributed by atoms with E-state index in [4.69, 9.17) is 0 Å². The topological polar surface area (TPSA) is 28.7 Å². The third-order valence-electron chi connectivity index (χ3n) is 2.31. The Morgan fingerprint density at radius 2 is 1.71 bits per heavy atom. The molecule has 1 N–H and O–H groups in total. The average Bonchev–Trinajstić information content (AvgIpc) is 2.56. The predicted molar refractivity (Wildman–Crippen MR) is 69.0 cm³/mol. The van der Waals surface area contributed by atoms with Gasteiger partial charge < -0.3 is 4.98 Å². The molecule has 1 aromatic carbocycles. The zero-order valence-electron chi connectivity index (χ0n) is 7.40. The van der Waals surface area contributed by atoms with Crippen molar-refractivity contribution >= 4 is 45.8 Å². The van der Waals surface area contributed by atoms with Crippen LogP contribution in [0.2, 0.25) is 0 Å². The third-order valence-corrected chi connectivity index (χ3v) is 2.31. The summed E-state index contributed by atoms with van der Waals surface area (Å²) < 4.78 is 0. The van der Waals surface area contributed by atoms with Gasteiger partial charge in [-0.05, 0) is 12.1 Å². The molecule has 0 radical (unpaired) electrons. The lowest BCUT2D eigenvalue weighted by atomic mass is 10.2. The van der Waals surface area contributed by atoms with Gasteiger partial charge in [0.2, 0.25) is 0 Å². The predicted octanol–water partition coefficient (Wildman–Crippen LogP) is 3.33. The summed E-state index contributed by atoms with van der Waals surface area (Å²) in [6, 6.07) is 10.3. The van der Waals surface area contributed by atoms with Crippen LogP contribution in [-0.4, -0.2) is 9.97 Å². The van der Waals surface area contributed by atoms with Crippen LogP contribution in [0.4, 0.5) is 0 Å². The van der Waals surface area contributed by atoms with Gasteiger partial charge in [-0.3, -0.25) is 4.98 Å². The van der Waals surface area contributed by atoms with Crippen LogP contribution in [0, 0.1) is 0 Å². The molecule has 3 aromatic rings. The van der Waals surface area contributed by atoms with Crippen LogP contribution in [-0.2, 0) is 0 Å². The molecule has 0 aliphatic rings. The van der Waals surface area contributed by atoms with E-state index < -0.39 is 0 Å². The summed E-state index contributed by atoms with van der Waals surface area (Å²) in [5, 5.41) is 2.51. The van der Waals surface area contributed by atoms with Crippen molar-refractivity contribution in [2.24, 2.45) is 0 Å². The molecule has 3 rings (SSSR count). The quantitative estimate of drug-likeness (QED) is 0.633. The molecule has 0 aliphatic carbocycles. The van der Waals surface area contributed by atoms with Crippen molar-refractivity contribution in [2.75, 3.05) is 0 Å². The first-order chi connectivity index (χ1) is 6.45. The molecule has 2 heterocycles. The smallest absolute Gasteiger partial charge is 0.0651 e. The van der Waals surface area contributed by atoms with E-state index in [-0.39, 0.29) is 24.0 Å². The molecule has 3 heteroatoms. The Bertz CT molecular complexity index is 521. The summed E-state index contributed by atoms with van der Waals surface area (Å²) in [5.41, 5.74) is 2.27. The third kappa shape index (κ3) is 1.28. The highest BCUT2D eigenvalue weighted by Crippen LogP contribution is 2.23. The Morgan fingerprint density at radius 3 is 2.64 bits per heavy atom. The number of H-pyrrole nitrogens is 1. The van der Waals surface area contributed by atoms with Gasteiger partial charge >= 0.3 is 0 Å². The van der Waals surface area contributed by atoms with E-state index in [1.807, 2.05) is 24.5 Å². The number of hydrogen-bond acceptors (Lipinski definition) is 1. The average molecular weight is 296 g/mol. The monoisotopic (exact) mass is 296 g/mol. The number of aromatic amines is 1. The maximum atomic E-state index is 4.08. The van der Waals surface area contributed by atoms with Crippen LogP contribution in [0.25, 0.3) is 21.8 Å². The summed E-state index contributed by atoms with van der Waals surface area (Å²) in [7, 11) is 0. The first-order valence-electron chi connectivity index (χ1n) is 4.25. The van der Waals surface area contributed by atoms with E-state index in [0.29, 0.717) is 0 Å². The molecule has 0 saturated heterocycles. The highest BCUT2D eigenvalue weighted by atomic mass is 127. The number of nitrogens with one attached hydrogen (secondary N) is 1.